The van der Waals surface area contributed by atoms with E-state index in [1.54, 1.807) is 0 Å². The zero-order chi connectivity index (χ0) is 15.1. The van der Waals surface area contributed by atoms with Gasteiger partial charge in [0.2, 0.25) is 0 Å². The van der Waals surface area contributed by atoms with Gasteiger partial charge in [-0.05, 0) is 67.7 Å². The highest BCUT2D eigenvalue weighted by Crippen LogP contribution is 2.33. The average molecular weight is 288 g/mol. The fourth-order valence-electron chi connectivity index (χ4n) is 3.19. The molecule has 0 aliphatic carbocycles. The Morgan fingerprint density at radius 1 is 0.591 bits per heavy atom. The largest absolute Gasteiger partial charge is 0.392 e. The fraction of sp³-hybridized carbons (Fsp3) is 0.100. The molecule has 0 saturated carbocycles. The normalized spacial score (nSPS) is 11.5. The van der Waals surface area contributed by atoms with Gasteiger partial charge in [0.15, 0.2) is 0 Å². The maximum absolute atomic E-state index is 9.73. The Bertz CT molecular complexity index is 1000. The molecule has 22 heavy (non-hydrogen) atoms. The minimum Gasteiger partial charge on any atom is -0.392 e. The van der Waals surface area contributed by atoms with Gasteiger partial charge in [0.05, 0.1) is 13.2 Å². The van der Waals surface area contributed by atoms with Crippen molar-refractivity contribution < 1.29 is 10.2 Å². The van der Waals surface area contributed by atoms with Crippen molar-refractivity contribution in [2.75, 3.05) is 0 Å². The molecule has 0 saturated heterocycles. The van der Waals surface area contributed by atoms with Gasteiger partial charge < -0.3 is 10.2 Å². The van der Waals surface area contributed by atoms with Crippen molar-refractivity contribution in [3.63, 3.8) is 0 Å². The van der Waals surface area contributed by atoms with E-state index >= 15 is 0 Å². The molecule has 4 aromatic carbocycles. The third kappa shape index (κ3) is 1.97. The predicted octanol–water partition coefficient (Wildman–Crippen LogP) is 4.13. The molecule has 0 unspecified atom stereocenters. The monoisotopic (exact) mass is 288 g/mol. The summed E-state index contributed by atoms with van der Waals surface area (Å²) in [7, 11) is 0. The van der Waals surface area contributed by atoms with Gasteiger partial charge in [-0.15, -0.1) is 0 Å². The summed E-state index contributed by atoms with van der Waals surface area (Å²) < 4.78 is 0. The zero-order valence-electron chi connectivity index (χ0n) is 12.1. The summed E-state index contributed by atoms with van der Waals surface area (Å²) >= 11 is 0. The second-order valence-corrected chi connectivity index (χ2v) is 5.65. The van der Waals surface area contributed by atoms with Crippen LogP contribution in [0.15, 0.2) is 60.7 Å². The van der Waals surface area contributed by atoms with Gasteiger partial charge in [-0.1, -0.05) is 36.4 Å². The quantitative estimate of drug-likeness (QED) is 0.430. The van der Waals surface area contributed by atoms with Gasteiger partial charge in [-0.25, -0.2) is 0 Å². The number of hydrogen-bond acceptors (Lipinski definition) is 2. The highest BCUT2D eigenvalue weighted by Gasteiger charge is 2.08. The Morgan fingerprint density at radius 3 is 2.00 bits per heavy atom. The van der Waals surface area contributed by atoms with Crippen molar-refractivity contribution in [3.05, 3.63) is 71.8 Å². The topological polar surface area (TPSA) is 40.5 Å². The van der Waals surface area contributed by atoms with Crippen LogP contribution in [0, 0.1) is 0 Å². The van der Waals surface area contributed by atoms with Gasteiger partial charge in [-0.2, -0.15) is 0 Å². The van der Waals surface area contributed by atoms with Gasteiger partial charge in [0.25, 0.3) is 0 Å². The van der Waals surface area contributed by atoms with Gasteiger partial charge in [0.1, 0.15) is 0 Å². The minimum atomic E-state index is 0.0204. The summed E-state index contributed by atoms with van der Waals surface area (Å²) in [5, 5.41) is 25.9. The first-order chi connectivity index (χ1) is 10.8. The molecular formula is C20H16O2. The maximum atomic E-state index is 9.73. The Kier molecular flexibility index (Phi) is 3.07. The highest BCUT2D eigenvalue weighted by molar-refractivity contribution is 6.13. The average Bonchev–Trinajstić information content (AvgIpc) is 2.59. The smallest absolute Gasteiger partial charge is 0.0688 e. The van der Waals surface area contributed by atoms with Crippen LogP contribution in [0.25, 0.3) is 32.3 Å². The van der Waals surface area contributed by atoms with Crippen LogP contribution in [0.5, 0.6) is 0 Å². The SMILES string of the molecule is OCc1ccc2cc(CO)c3cc4ccccc4cc3c2c1. The number of aliphatic hydroxyl groups is 2. The third-order valence-electron chi connectivity index (χ3n) is 4.32. The number of hydrogen-bond donors (Lipinski definition) is 2. The molecule has 0 heterocycles. The lowest BCUT2D eigenvalue weighted by molar-refractivity contribution is 0.282. The highest BCUT2D eigenvalue weighted by atomic mass is 16.3. The van der Waals surface area contributed by atoms with E-state index in [9.17, 15) is 10.2 Å². The molecular weight excluding hydrogens is 272 g/mol. The zero-order valence-corrected chi connectivity index (χ0v) is 12.1. The molecule has 0 fully saturated rings. The van der Waals surface area contributed by atoms with Gasteiger partial charge in [-0.3, -0.25) is 0 Å². The summed E-state index contributed by atoms with van der Waals surface area (Å²) in [5.41, 5.74) is 1.84. The lowest BCUT2D eigenvalue weighted by Gasteiger charge is -2.11. The van der Waals surface area contributed by atoms with E-state index < -0.39 is 0 Å². The second-order valence-electron chi connectivity index (χ2n) is 5.65. The van der Waals surface area contributed by atoms with Crippen LogP contribution in [0.3, 0.4) is 0 Å². The van der Waals surface area contributed by atoms with Crippen LogP contribution in [0.2, 0.25) is 0 Å². The first-order valence-electron chi connectivity index (χ1n) is 7.39. The number of rotatable bonds is 2. The van der Waals surface area contributed by atoms with Crippen LogP contribution in [0.1, 0.15) is 11.1 Å². The van der Waals surface area contributed by atoms with Crippen LogP contribution in [-0.4, -0.2) is 10.2 Å². The molecule has 2 N–H and O–H groups in total. The van der Waals surface area contributed by atoms with Crippen molar-refractivity contribution in [1.29, 1.82) is 0 Å². The summed E-state index contributed by atoms with van der Waals surface area (Å²) in [4.78, 5) is 0. The number of aliphatic hydroxyl groups excluding tert-OH is 2. The van der Waals surface area contributed by atoms with E-state index in [0.29, 0.717) is 0 Å². The number of benzene rings is 4. The molecule has 0 aliphatic heterocycles. The molecule has 0 aromatic heterocycles. The lowest BCUT2D eigenvalue weighted by Crippen LogP contribution is -1.90. The number of fused-ring (bicyclic) bond motifs is 4. The summed E-state index contributed by atoms with van der Waals surface area (Å²) in [6.45, 7) is 0.0549. The molecule has 0 aliphatic rings. The molecule has 4 rings (SSSR count). The van der Waals surface area contributed by atoms with Crippen LogP contribution in [0.4, 0.5) is 0 Å². The fourth-order valence-corrected chi connectivity index (χ4v) is 3.19. The molecule has 0 spiro atoms. The van der Waals surface area contributed by atoms with E-state index in [1.807, 2.05) is 36.4 Å². The van der Waals surface area contributed by atoms with Crippen LogP contribution >= 0.6 is 0 Å². The summed E-state index contributed by atoms with van der Waals surface area (Å²) in [6, 6.07) is 20.6. The third-order valence-corrected chi connectivity index (χ3v) is 4.32. The predicted molar refractivity (Wildman–Crippen MR) is 90.8 cm³/mol. The second kappa shape index (κ2) is 5.09. The molecule has 0 amide bonds. The van der Waals surface area contributed by atoms with E-state index in [2.05, 4.69) is 24.3 Å². The molecule has 0 radical (unpaired) electrons. The minimum absolute atomic E-state index is 0.0204. The van der Waals surface area contributed by atoms with E-state index in [4.69, 9.17) is 0 Å². The molecule has 2 nitrogen and oxygen atoms in total. The molecule has 108 valence electrons. The van der Waals surface area contributed by atoms with Gasteiger partial charge in [0, 0.05) is 0 Å². The maximum Gasteiger partial charge on any atom is 0.0688 e. The van der Waals surface area contributed by atoms with Crippen LogP contribution < -0.4 is 0 Å². The van der Waals surface area contributed by atoms with Gasteiger partial charge >= 0.3 is 0 Å². The van der Waals surface area contributed by atoms with E-state index in [-0.39, 0.29) is 13.2 Å². The van der Waals surface area contributed by atoms with Crippen molar-refractivity contribution in [1.82, 2.24) is 0 Å². The van der Waals surface area contributed by atoms with Crippen molar-refractivity contribution in [2.24, 2.45) is 0 Å². The Hall–Kier alpha value is -2.42. The molecule has 2 heteroatoms. The van der Waals surface area contributed by atoms with Crippen molar-refractivity contribution in [3.8, 4) is 0 Å². The summed E-state index contributed by atoms with van der Waals surface area (Å²) in [5.74, 6) is 0. The van der Waals surface area contributed by atoms with Crippen molar-refractivity contribution in [2.45, 2.75) is 13.2 Å². The Labute approximate surface area is 128 Å². The molecule has 0 atom stereocenters. The summed E-state index contributed by atoms with van der Waals surface area (Å²) in [6.07, 6.45) is 0. The Morgan fingerprint density at radius 2 is 1.32 bits per heavy atom. The van der Waals surface area contributed by atoms with Crippen LogP contribution in [-0.2, 0) is 13.2 Å². The van der Waals surface area contributed by atoms with E-state index in [0.717, 1.165) is 32.7 Å². The first kappa shape index (κ1) is 13.3. The Balaban J connectivity index is 2.22. The van der Waals surface area contributed by atoms with E-state index in [1.165, 1.54) is 10.8 Å². The standard InChI is InChI=1S/C20H16O2/c21-11-13-5-6-16-8-17(12-22)19-9-14-3-1-2-4-15(14)10-20(19)18(16)7-13/h1-10,21-22H,11-12H2. The molecule has 0 bridgehead atoms. The lowest BCUT2D eigenvalue weighted by atomic mass is 9.94. The first-order valence-corrected chi connectivity index (χ1v) is 7.39. The molecule has 4 aromatic rings. The van der Waals surface area contributed by atoms with Crippen molar-refractivity contribution >= 4 is 32.3 Å².